The highest BCUT2D eigenvalue weighted by molar-refractivity contribution is 5.96. The Morgan fingerprint density at radius 3 is 2.68 bits per heavy atom. The zero-order valence-electron chi connectivity index (χ0n) is 18.6. The number of carbonyl (C=O) groups excluding carboxylic acids is 1. The third kappa shape index (κ3) is 4.25. The molecule has 0 saturated heterocycles. The summed E-state index contributed by atoms with van der Waals surface area (Å²) >= 11 is 0. The number of hydrogen-bond acceptors (Lipinski definition) is 5. The molecular weight excluding hydrogens is 396 g/mol. The van der Waals surface area contributed by atoms with Crippen molar-refractivity contribution >= 4 is 11.6 Å². The molecule has 0 unspecified atom stereocenters. The van der Waals surface area contributed by atoms with Crippen molar-refractivity contribution in [3.63, 3.8) is 0 Å². The van der Waals surface area contributed by atoms with E-state index in [1.807, 2.05) is 26.1 Å². The molecule has 1 fully saturated rings. The molecule has 1 atom stereocenters. The second-order valence-electron chi connectivity index (χ2n) is 8.36. The quantitative estimate of drug-likeness (QED) is 0.649. The van der Waals surface area contributed by atoms with Crippen LogP contribution in [-0.2, 0) is 27.2 Å². The van der Waals surface area contributed by atoms with Gasteiger partial charge in [0.2, 0.25) is 5.91 Å². The van der Waals surface area contributed by atoms with E-state index < -0.39 is 0 Å². The van der Waals surface area contributed by atoms with Crippen molar-refractivity contribution in [3.05, 3.63) is 45.6 Å². The van der Waals surface area contributed by atoms with E-state index in [9.17, 15) is 9.59 Å². The molecule has 166 valence electrons. The van der Waals surface area contributed by atoms with Gasteiger partial charge in [0.05, 0.1) is 12.3 Å². The summed E-state index contributed by atoms with van der Waals surface area (Å²) in [7, 11) is 5.07. The van der Waals surface area contributed by atoms with Gasteiger partial charge in [-0.05, 0) is 43.9 Å². The lowest BCUT2D eigenvalue weighted by Crippen LogP contribution is -2.29. The number of methoxy groups -OCH3 is 2. The van der Waals surface area contributed by atoms with E-state index >= 15 is 0 Å². The zero-order valence-corrected chi connectivity index (χ0v) is 18.6. The Morgan fingerprint density at radius 1 is 1.23 bits per heavy atom. The number of rotatable bonds is 8. The highest BCUT2D eigenvalue weighted by Crippen LogP contribution is 2.37. The molecule has 7 heteroatoms. The third-order valence-corrected chi connectivity index (χ3v) is 6.21. The molecule has 1 amide bonds. The summed E-state index contributed by atoms with van der Waals surface area (Å²) in [5, 5.41) is 0. The summed E-state index contributed by atoms with van der Waals surface area (Å²) in [5.41, 5.74) is 4.58. The summed E-state index contributed by atoms with van der Waals surface area (Å²) in [5.74, 6) is 0.902. The average molecular weight is 427 g/mol. The van der Waals surface area contributed by atoms with Crippen molar-refractivity contribution in [2.75, 3.05) is 39.4 Å². The van der Waals surface area contributed by atoms with Gasteiger partial charge in [-0.3, -0.25) is 9.59 Å². The normalized spacial score (nSPS) is 15.7. The number of aryl methyl sites for hydroxylation is 1. The van der Waals surface area contributed by atoms with Gasteiger partial charge in [0.25, 0.3) is 0 Å². The number of carbonyl (C=O) groups is 1. The van der Waals surface area contributed by atoms with E-state index in [0.29, 0.717) is 31.2 Å². The van der Waals surface area contributed by atoms with E-state index in [4.69, 9.17) is 14.2 Å². The van der Waals surface area contributed by atoms with Gasteiger partial charge in [0, 0.05) is 56.6 Å². The van der Waals surface area contributed by atoms with E-state index in [0.717, 1.165) is 41.8 Å². The van der Waals surface area contributed by atoms with Crippen LogP contribution >= 0.6 is 0 Å². The van der Waals surface area contributed by atoms with Crippen molar-refractivity contribution in [1.29, 1.82) is 0 Å². The first kappa shape index (κ1) is 21.6. The topological polar surface area (TPSA) is 70.0 Å². The molecule has 0 N–H and O–H groups in total. The van der Waals surface area contributed by atoms with Crippen LogP contribution in [0.4, 0.5) is 5.69 Å². The van der Waals surface area contributed by atoms with Crippen LogP contribution in [-0.4, -0.2) is 51.1 Å². The number of ether oxygens (including phenoxy) is 3. The average Bonchev–Trinajstić information content (AvgIpc) is 3.63. The minimum absolute atomic E-state index is 0.0556. The Balaban J connectivity index is 1.66. The standard InChI is InChI=1S/C24H30N2O5/c1-15-21(27)12-22(31-14-19(30-4)13-29-3)26-10-9-17-11-18(7-8-20(17)23(15)26)25(2)24(28)16-5-6-16/h7-8,11-12,16,19H,5-6,9-10,13-14H2,1-4H3/t19-/m0/s1. The molecule has 2 heterocycles. The molecule has 1 aliphatic carbocycles. The Labute approximate surface area is 182 Å². The minimum atomic E-state index is -0.212. The van der Waals surface area contributed by atoms with Crippen molar-refractivity contribution in [2.24, 2.45) is 5.92 Å². The first-order valence-corrected chi connectivity index (χ1v) is 10.7. The SMILES string of the molecule is COC[C@@H](COc1cc(=O)c(C)c2n1CCc1cc(N(C)C(=O)C3CC3)ccc1-2)OC. The second-order valence-corrected chi connectivity index (χ2v) is 8.36. The molecule has 1 saturated carbocycles. The Hall–Kier alpha value is -2.64. The number of nitrogens with zero attached hydrogens (tertiary/aromatic N) is 2. The summed E-state index contributed by atoms with van der Waals surface area (Å²) in [4.78, 5) is 26.9. The van der Waals surface area contributed by atoms with Crippen LogP contribution in [0.5, 0.6) is 5.88 Å². The highest BCUT2D eigenvalue weighted by Gasteiger charge is 2.33. The van der Waals surface area contributed by atoms with Crippen LogP contribution in [0.25, 0.3) is 11.3 Å². The number of anilines is 1. The van der Waals surface area contributed by atoms with E-state index in [-0.39, 0.29) is 23.4 Å². The molecule has 1 aromatic heterocycles. The summed E-state index contributed by atoms with van der Waals surface area (Å²) in [6.07, 6.45) is 2.56. The highest BCUT2D eigenvalue weighted by atomic mass is 16.6. The first-order chi connectivity index (χ1) is 14.9. The van der Waals surface area contributed by atoms with Crippen LogP contribution in [0.2, 0.25) is 0 Å². The van der Waals surface area contributed by atoms with Crippen LogP contribution < -0.4 is 15.1 Å². The summed E-state index contributed by atoms with van der Waals surface area (Å²) < 4.78 is 18.6. The predicted octanol–water partition coefficient (Wildman–Crippen LogP) is 2.79. The fourth-order valence-corrected chi connectivity index (χ4v) is 4.16. The van der Waals surface area contributed by atoms with Crippen LogP contribution in [0.1, 0.15) is 24.0 Å². The van der Waals surface area contributed by atoms with Crippen molar-refractivity contribution in [3.8, 4) is 17.1 Å². The van der Waals surface area contributed by atoms with E-state index in [1.54, 1.807) is 25.2 Å². The Kier molecular flexibility index (Phi) is 6.16. The molecule has 2 aliphatic rings. The molecule has 7 nitrogen and oxygen atoms in total. The maximum atomic E-state index is 12.7. The molecule has 31 heavy (non-hydrogen) atoms. The Morgan fingerprint density at radius 2 is 2.00 bits per heavy atom. The Bertz CT molecular complexity index is 1040. The summed E-state index contributed by atoms with van der Waals surface area (Å²) in [6, 6.07) is 7.62. The first-order valence-electron chi connectivity index (χ1n) is 10.7. The molecular formula is C24H30N2O5. The van der Waals surface area contributed by atoms with Gasteiger partial charge in [-0.15, -0.1) is 0 Å². The van der Waals surface area contributed by atoms with Crippen LogP contribution in [0, 0.1) is 12.8 Å². The number of benzene rings is 1. The van der Waals surface area contributed by atoms with Gasteiger partial charge in [0.1, 0.15) is 12.7 Å². The molecule has 4 rings (SSSR count). The molecule has 1 aromatic carbocycles. The maximum Gasteiger partial charge on any atom is 0.229 e. The largest absolute Gasteiger partial charge is 0.476 e. The molecule has 0 bridgehead atoms. The minimum Gasteiger partial charge on any atom is -0.476 e. The number of fused-ring (bicyclic) bond motifs is 3. The third-order valence-electron chi connectivity index (χ3n) is 6.21. The van der Waals surface area contributed by atoms with Crippen LogP contribution in [0.15, 0.2) is 29.1 Å². The molecule has 0 spiro atoms. The fourth-order valence-electron chi connectivity index (χ4n) is 4.16. The lowest BCUT2D eigenvalue weighted by atomic mass is 9.94. The number of hydrogen-bond donors (Lipinski definition) is 0. The second kappa shape index (κ2) is 8.85. The van der Waals surface area contributed by atoms with Gasteiger partial charge in [-0.25, -0.2) is 0 Å². The number of amides is 1. The van der Waals surface area contributed by atoms with Gasteiger partial charge >= 0.3 is 0 Å². The van der Waals surface area contributed by atoms with Gasteiger partial charge < -0.3 is 23.7 Å². The smallest absolute Gasteiger partial charge is 0.229 e. The van der Waals surface area contributed by atoms with E-state index in [2.05, 4.69) is 10.6 Å². The fraction of sp³-hybridized carbons (Fsp3) is 0.500. The predicted molar refractivity (Wildman–Crippen MR) is 119 cm³/mol. The lowest BCUT2D eigenvalue weighted by Gasteiger charge is -2.28. The van der Waals surface area contributed by atoms with Gasteiger partial charge in [0.15, 0.2) is 11.3 Å². The molecule has 2 aromatic rings. The molecule has 1 aliphatic heterocycles. The summed E-state index contributed by atoms with van der Waals surface area (Å²) in [6.45, 7) is 3.27. The van der Waals surface area contributed by atoms with E-state index in [1.165, 1.54) is 0 Å². The molecule has 0 radical (unpaired) electrons. The number of pyridine rings is 1. The van der Waals surface area contributed by atoms with Crippen LogP contribution in [0.3, 0.4) is 0 Å². The zero-order chi connectivity index (χ0) is 22.1. The van der Waals surface area contributed by atoms with Crippen molar-refractivity contribution in [1.82, 2.24) is 4.57 Å². The maximum absolute atomic E-state index is 12.7. The number of aromatic nitrogens is 1. The van der Waals surface area contributed by atoms with Gasteiger partial charge in [-0.1, -0.05) is 6.07 Å². The van der Waals surface area contributed by atoms with Crippen molar-refractivity contribution < 1.29 is 19.0 Å². The van der Waals surface area contributed by atoms with Gasteiger partial charge in [-0.2, -0.15) is 0 Å². The lowest BCUT2D eigenvalue weighted by molar-refractivity contribution is -0.119. The van der Waals surface area contributed by atoms with Crippen molar-refractivity contribution in [2.45, 2.75) is 38.8 Å². The monoisotopic (exact) mass is 426 g/mol.